The molecule has 0 saturated carbocycles. The zero-order valence-corrected chi connectivity index (χ0v) is 14.6. The molecule has 3 N–H and O–H groups in total. The van der Waals surface area contributed by atoms with E-state index in [1.54, 1.807) is 18.2 Å². The molecule has 0 heterocycles. The third-order valence-corrected chi connectivity index (χ3v) is 3.45. The van der Waals surface area contributed by atoms with Crippen molar-refractivity contribution >= 4 is 29.2 Å². The molecule has 0 spiro atoms. The van der Waals surface area contributed by atoms with Gasteiger partial charge < -0.3 is 16.0 Å². The Kier molecular flexibility index (Phi) is 7.22. The Morgan fingerprint density at radius 3 is 2.60 bits per heavy atom. The Morgan fingerprint density at radius 1 is 1.16 bits per heavy atom. The SMILES string of the molecule is CCNC(=NCc1ccc(Cl)cc1)NCC(=O)Nc1cccc(F)c1. The van der Waals surface area contributed by atoms with Crippen molar-refractivity contribution in [3.05, 3.63) is 64.9 Å². The fraction of sp³-hybridized carbons (Fsp3) is 0.222. The number of aliphatic imine (C=N–C) groups is 1. The molecule has 2 rings (SSSR count). The second kappa shape index (κ2) is 9.64. The maximum Gasteiger partial charge on any atom is 0.243 e. The first kappa shape index (κ1) is 18.7. The molecule has 132 valence electrons. The van der Waals surface area contributed by atoms with Crippen LogP contribution in [0.2, 0.25) is 5.02 Å². The summed E-state index contributed by atoms with van der Waals surface area (Å²) in [5.74, 6) is -0.168. The molecule has 2 aromatic carbocycles. The minimum absolute atomic E-state index is 0.0168. The van der Waals surface area contributed by atoms with E-state index in [1.165, 1.54) is 18.2 Å². The summed E-state index contributed by atoms with van der Waals surface area (Å²) in [6.45, 7) is 3.07. The van der Waals surface area contributed by atoms with Crippen molar-refractivity contribution < 1.29 is 9.18 Å². The molecule has 0 fully saturated rings. The van der Waals surface area contributed by atoms with E-state index < -0.39 is 5.82 Å². The summed E-state index contributed by atoms with van der Waals surface area (Å²) in [6.07, 6.45) is 0. The highest BCUT2D eigenvalue weighted by atomic mass is 35.5. The van der Waals surface area contributed by atoms with Gasteiger partial charge in [-0.2, -0.15) is 0 Å². The number of halogens is 2. The standard InChI is InChI=1S/C18H20ClFN4O/c1-2-21-18(22-11-13-6-8-14(19)9-7-13)23-12-17(25)24-16-5-3-4-15(20)10-16/h3-10H,2,11-12H2,1H3,(H,24,25)(H2,21,22,23). The molecule has 25 heavy (non-hydrogen) atoms. The minimum Gasteiger partial charge on any atom is -0.357 e. The van der Waals surface area contributed by atoms with Gasteiger partial charge in [-0.25, -0.2) is 9.38 Å². The number of guanidine groups is 1. The van der Waals surface area contributed by atoms with Crippen LogP contribution >= 0.6 is 11.6 Å². The predicted octanol–water partition coefficient (Wildman–Crippen LogP) is 3.17. The molecule has 2 aromatic rings. The van der Waals surface area contributed by atoms with Crippen LogP contribution in [0.5, 0.6) is 0 Å². The number of amides is 1. The summed E-state index contributed by atoms with van der Waals surface area (Å²) in [7, 11) is 0. The maximum atomic E-state index is 13.1. The van der Waals surface area contributed by atoms with Gasteiger partial charge in [0.25, 0.3) is 0 Å². The highest BCUT2D eigenvalue weighted by Gasteiger charge is 2.05. The molecular weight excluding hydrogens is 343 g/mol. The normalized spacial score (nSPS) is 11.1. The van der Waals surface area contributed by atoms with E-state index >= 15 is 0 Å². The van der Waals surface area contributed by atoms with Gasteiger partial charge >= 0.3 is 0 Å². The second-order valence-electron chi connectivity index (χ2n) is 5.23. The van der Waals surface area contributed by atoms with Crippen LogP contribution in [0, 0.1) is 5.82 Å². The number of nitrogens with zero attached hydrogens (tertiary/aromatic N) is 1. The van der Waals surface area contributed by atoms with Crippen LogP contribution in [-0.2, 0) is 11.3 Å². The maximum absolute atomic E-state index is 13.1. The fourth-order valence-electron chi connectivity index (χ4n) is 2.04. The van der Waals surface area contributed by atoms with Crippen molar-refractivity contribution in [2.75, 3.05) is 18.4 Å². The zero-order valence-electron chi connectivity index (χ0n) is 13.9. The average molecular weight is 363 g/mol. The summed E-state index contributed by atoms with van der Waals surface area (Å²) in [5.41, 5.74) is 1.42. The van der Waals surface area contributed by atoms with Crippen LogP contribution in [0.25, 0.3) is 0 Å². The number of carbonyl (C=O) groups is 1. The Bertz CT molecular complexity index is 734. The molecule has 7 heteroatoms. The highest BCUT2D eigenvalue weighted by Crippen LogP contribution is 2.10. The Labute approximate surface area is 151 Å². The van der Waals surface area contributed by atoms with Crippen LogP contribution in [0.3, 0.4) is 0 Å². The minimum atomic E-state index is -0.399. The monoisotopic (exact) mass is 362 g/mol. The topological polar surface area (TPSA) is 65.5 Å². The molecule has 0 saturated heterocycles. The van der Waals surface area contributed by atoms with Gasteiger partial charge in [-0.3, -0.25) is 4.79 Å². The first-order chi connectivity index (χ1) is 12.1. The van der Waals surface area contributed by atoms with Crippen molar-refractivity contribution in [1.29, 1.82) is 0 Å². The van der Waals surface area contributed by atoms with Gasteiger partial charge in [0.2, 0.25) is 5.91 Å². The van der Waals surface area contributed by atoms with Crippen LogP contribution in [-0.4, -0.2) is 25.0 Å². The highest BCUT2D eigenvalue weighted by molar-refractivity contribution is 6.30. The van der Waals surface area contributed by atoms with E-state index in [1.807, 2.05) is 19.1 Å². The van der Waals surface area contributed by atoms with Gasteiger partial charge in [0, 0.05) is 17.3 Å². The van der Waals surface area contributed by atoms with Crippen molar-refractivity contribution in [2.24, 2.45) is 4.99 Å². The number of hydrogen-bond acceptors (Lipinski definition) is 2. The lowest BCUT2D eigenvalue weighted by atomic mass is 10.2. The molecule has 5 nitrogen and oxygen atoms in total. The van der Waals surface area contributed by atoms with Gasteiger partial charge in [0.05, 0.1) is 13.1 Å². The van der Waals surface area contributed by atoms with Crippen molar-refractivity contribution in [2.45, 2.75) is 13.5 Å². The lowest BCUT2D eigenvalue weighted by molar-refractivity contribution is -0.115. The first-order valence-electron chi connectivity index (χ1n) is 7.89. The number of rotatable bonds is 6. The van der Waals surface area contributed by atoms with E-state index in [2.05, 4.69) is 20.9 Å². The lowest BCUT2D eigenvalue weighted by Gasteiger charge is -2.11. The predicted molar refractivity (Wildman–Crippen MR) is 99.3 cm³/mol. The van der Waals surface area contributed by atoms with Gasteiger partial charge in [0.1, 0.15) is 5.82 Å². The van der Waals surface area contributed by atoms with E-state index in [9.17, 15) is 9.18 Å². The van der Waals surface area contributed by atoms with Crippen LogP contribution in [0.4, 0.5) is 10.1 Å². The molecule has 0 unspecified atom stereocenters. The number of anilines is 1. The van der Waals surface area contributed by atoms with Crippen LogP contribution in [0.15, 0.2) is 53.5 Å². The fourth-order valence-corrected chi connectivity index (χ4v) is 2.16. The molecule has 1 amide bonds. The van der Waals surface area contributed by atoms with E-state index in [-0.39, 0.29) is 12.5 Å². The molecule has 0 aromatic heterocycles. The van der Waals surface area contributed by atoms with Crippen molar-refractivity contribution in [1.82, 2.24) is 10.6 Å². The van der Waals surface area contributed by atoms with Crippen LogP contribution < -0.4 is 16.0 Å². The lowest BCUT2D eigenvalue weighted by Crippen LogP contribution is -2.41. The van der Waals surface area contributed by atoms with Crippen LogP contribution in [0.1, 0.15) is 12.5 Å². The third-order valence-electron chi connectivity index (χ3n) is 3.20. The molecule has 0 aliphatic heterocycles. The second-order valence-corrected chi connectivity index (χ2v) is 5.67. The summed E-state index contributed by atoms with van der Waals surface area (Å²) < 4.78 is 13.1. The van der Waals surface area contributed by atoms with E-state index in [0.29, 0.717) is 29.8 Å². The quantitative estimate of drug-likeness (QED) is 0.546. The summed E-state index contributed by atoms with van der Waals surface area (Å²) >= 11 is 5.86. The molecular formula is C18H20ClFN4O. The first-order valence-corrected chi connectivity index (χ1v) is 8.26. The largest absolute Gasteiger partial charge is 0.357 e. The van der Waals surface area contributed by atoms with Gasteiger partial charge in [-0.15, -0.1) is 0 Å². The van der Waals surface area contributed by atoms with Crippen molar-refractivity contribution in [3.8, 4) is 0 Å². The third kappa shape index (κ3) is 6.81. The van der Waals surface area contributed by atoms with E-state index in [4.69, 9.17) is 11.6 Å². The van der Waals surface area contributed by atoms with Gasteiger partial charge in [-0.1, -0.05) is 29.8 Å². The smallest absolute Gasteiger partial charge is 0.243 e. The molecule has 0 bridgehead atoms. The molecule has 0 aliphatic rings. The number of hydrogen-bond donors (Lipinski definition) is 3. The van der Waals surface area contributed by atoms with Gasteiger partial charge in [0.15, 0.2) is 5.96 Å². The van der Waals surface area contributed by atoms with Crippen molar-refractivity contribution in [3.63, 3.8) is 0 Å². The Morgan fingerprint density at radius 2 is 1.92 bits per heavy atom. The Hall–Kier alpha value is -2.60. The summed E-state index contributed by atoms with van der Waals surface area (Å²) in [6, 6.07) is 13.1. The van der Waals surface area contributed by atoms with Gasteiger partial charge in [-0.05, 0) is 42.8 Å². The molecule has 0 aliphatic carbocycles. The number of benzene rings is 2. The summed E-state index contributed by atoms with van der Waals surface area (Å²) in [5, 5.41) is 9.30. The average Bonchev–Trinajstić information content (AvgIpc) is 2.59. The zero-order chi connectivity index (χ0) is 18.1. The summed E-state index contributed by atoms with van der Waals surface area (Å²) in [4.78, 5) is 16.4. The number of nitrogens with one attached hydrogen (secondary N) is 3. The molecule has 0 radical (unpaired) electrons. The Balaban J connectivity index is 1.88. The molecule has 0 atom stereocenters. The van der Waals surface area contributed by atoms with E-state index in [0.717, 1.165) is 5.56 Å². The number of carbonyl (C=O) groups excluding carboxylic acids is 1.